The molecule has 0 saturated heterocycles. The summed E-state index contributed by atoms with van der Waals surface area (Å²) < 4.78 is 1.04. The lowest BCUT2D eigenvalue weighted by molar-refractivity contribution is 0.632. The maximum Gasteiger partial charge on any atom is 0.0457 e. The van der Waals surface area contributed by atoms with Gasteiger partial charge >= 0.3 is 0 Å². The normalized spacial score (nSPS) is 11.0. The summed E-state index contributed by atoms with van der Waals surface area (Å²) in [6.07, 6.45) is 1.28. The van der Waals surface area contributed by atoms with E-state index in [4.69, 9.17) is 11.6 Å². The summed E-state index contributed by atoms with van der Waals surface area (Å²) in [5, 5.41) is 0.862. The van der Waals surface area contributed by atoms with E-state index in [1.54, 1.807) is 0 Å². The molecule has 3 heteroatoms. The first kappa shape index (κ1) is 13.4. The predicted octanol–water partition coefficient (Wildman–Crippen LogP) is 5.38. The smallest absolute Gasteiger partial charge is 0.0457 e. The molecule has 0 aliphatic rings. The van der Waals surface area contributed by atoms with Crippen molar-refractivity contribution in [3.05, 3.63) is 33.3 Å². The molecule has 1 aromatic rings. The van der Waals surface area contributed by atoms with Crippen molar-refractivity contribution in [3.63, 3.8) is 0 Å². The first-order valence-corrected chi connectivity index (χ1v) is 7.44. The molecule has 0 nitrogen and oxygen atoms in total. The molecule has 0 aliphatic heterocycles. The van der Waals surface area contributed by atoms with E-state index in [2.05, 4.69) is 35.8 Å². The molecule has 0 heterocycles. The molecule has 1 aromatic carbocycles. The average molecular weight is 308 g/mol. The summed E-state index contributed by atoms with van der Waals surface area (Å²) in [6.45, 7) is 4.51. The van der Waals surface area contributed by atoms with Crippen LogP contribution in [0.3, 0.4) is 0 Å². The number of hydrogen-bond acceptors (Lipinski definition) is 1. The number of thioether (sulfide) groups is 1. The van der Waals surface area contributed by atoms with E-state index in [1.807, 2.05) is 23.9 Å². The Bertz CT molecular complexity index is 312. The Morgan fingerprint density at radius 3 is 2.73 bits per heavy atom. The van der Waals surface area contributed by atoms with E-state index >= 15 is 0 Å². The fraction of sp³-hybridized carbons (Fsp3) is 0.500. The summed E-state index contributed by atoms with van der Waals surface area (Å²) in [5.74, 6) is 3.01. The van der Waals surface area contributed by atoms with Gasteiger partial charge in [-0.15, -0.1) is 0 Å². The van der Waals surface area contributed by atoms with Crippen LogP contribution >= 0.6 is 39.3 Å². The summed E-state index contributed by atoms with van der Waals surface area (Å²) in [6, 6.07) is 6.10. The van der Waals surface area contributed by atoms with Crippen molar-refractivity contribution in [1.82, 2.24) is 0 Å². The van der Waals surface area contributed by atoms with Gasteiger partial charge in [-0.05, 0) is 35.8 Å². The SMILES string of the molecule is CC(C)CCSCc1ccc(Br)cc1Cl. The van der Waals surface area contributed by atoms with Crippen molar-refractivity contribution in [2.24, 2.45) is 5.92 Å². The predicted molar refractivity (Wildman–Crippen MR) is 74.8 cm³/mol. The second-order valence-corrected chi connectivity index (χ2v) is 6.40. The van der Waals surface area contributed by atoms with Gasteiger partial charge in [-0.3, -0.25) is 0 Å². The van der Waals surface area contributed by atoms with Crippen molar-refractivity contribution in [2.45, 2.75) is 26.0 Å². The van der Waals surface area contributed by atoms with E-state index in [-0.39, 0.29) is 0 Å². The van der Waals surface area contributed by atoms with E-state index < -0.39 is 0 Å². The highest BCUT2D eigenvalue weighted by Crippen LogP contribution is 2.25. The Kier molecular flexibility index (Phi) is 6.10. The van der Waals surface area contributed by atoms with Crippen LogP contribution in [0.25, 0.3) is 0 Å². The summed E-state index contributed by atoms with van der Waals surface area (Å²) in [5.41, 5.74) is 1.23. The molecule has 0 spiro atoms. The maximum absolute atomic E-state index is 6.13. The Balaban J connectivity index is 2.37. The Morgan fingerprint density at radius 1 is 1.40 bits per heavy atom. The monoisotopic (exact) mass is 306 g/mol. The molecule has 0 atom stereocenters. The largest absolute Gasteiger partial charge is 0.157 e. The highest BCUT2D eigenvalue weighted by molar-refractivity contribution is 9.10. The molecule has 0 saturated carbocycles. The third-order valence-corrected chi connectivity index (χ3v) is 4.00. The maximum atomic E-state index is 6.13. The quantitative estimate of drug-likeness (QED) is 0.658. The number of hydrogen-bond donors (Lipinski definition) is 0. The van der Waals surface area contributed by atoms with Crippen molar-refractivity contribution >= 4 is 39.3 Å². The first-order chi connectivity index (χ1) is 7.09. The van der Waals surface area contributed by atoms with E-state index in [9.17, 15) is 0 Å². The van der Waals surface area contributed by atoms with Crippen LogP contribution in [0.4, 0.5) is 0 Å². The molecule has 0 aliphatic carbocycles. The number of halogens is 2. The van der Waals surface area contributed by atoms with Crippen molar-refractivity contribution in [3.8, 4) is 0 Å². The van der Waals surface area contributed by atoms with Crippen LogP contribution in [0.2, 0.25) is 5.02 Å². The lowest BCUT2D eigenvalue weighted by Gasteiger charge is -2.06. The van der Waals surface area contributed by atoms with Crippen LogP contribution < -0.4 is 0 Å². The van der Waals surface area contributed by atoms with Gasteiger partial charge < -0.3 is 0 Å². The van der Waals surface area contributed by atoms with Gasteiger partial charge in [-0.1, -0.05) is 47.4 Å². The fourth-order valence-corrected chi connectivity index (χ4v) is 3.21. The topological polar surface area (TPSA) is 0 Å². The average Bonchev–Trinajstić information content (AvgIpc) is 2.14. The minimum absolute atomic E-state index is 0.790. The highest BCUT2D eigenvalue weighted by Gasteiger charge is 2.01. The number of rotatable bonds is 5. The minimum Gasteiger partial charge on any atom is -0.157 e. The summed E-state index contributed by atoms with van der Waals surface area (Å²) in [4.78, 5) is 0. The molecule has 0 aromatic heterocycles. The van der Waals surface area contributed by atoms with Crippen LogP contribution in [0.15, 0.2) is 22.7 Å². The zero-order chi connectivity index (χ0) is 11.3. The molecule has 0 N–H and O–H groups in total. The minimum atomic E-state index is 0.790. The molecule has 84 valence electrons. The van der Waals surface area contributed by atoms with Gasteiger partial charge in [-0.25, -0.2) is 0 Å². The van der Waals surface area contributed by atoms with Crippen molar-refractivity contribution < 1.29 is 0 Å². The summed E-state index contributed by atoms with van der Waals surface area (Å²) in [7, 11) is 0. The van der Waals surface area contributed by atoms with Gasteiger partial charge in [0, 0.05) is 15.2 Å². The van der Waals surface area contributed by atoms with Crippen molar-refractivity contribution in [2.75, 3.05) is 5.75 Å². The standard InChI is InChI=1S/C12H16BrClS/c1-9(2)5-6-15-8-10-3-4-11(13)7-12(10)14/h3-4,7,9H,5-6,8H2,1-2H3. The van der Waals surface area contributed by atoms with E-state index in [0.717, 1.165) is 21.2 Å². The van der Waals surface area contributed by atoms with Crippen LogP contribution in [-0.4, -0.2) is 5.75 Å². The van der Waals surface area contributed by atoms with E-state index in [1.165, 1.54) is 17.7 Å². The first-order valence-electron chi connectivity index (χ1n) is 5.11. The molecular weight excluding hydrogens is 292 g/mol. The molecule has 0 amide bonds. The molecular formula is C12H16BrClS. The third-order valence-electron chi connectivity index (χ3n) is 2.11. The molecule has 0 bridgehead atoms. The van der Waals surface area contributed by atoms with Crippen LogP contribution in [0.1, 0.15) is 25.8 Å². The lowest BCUT2D eigenvalue weighted by atomic mass is 10.2. The van der Waals surface area contributed by atoms with Crippen molar-refractivity contribution in [1.29, 1.82) is 0 Å². The van der Waals surface area contributed by atoms with Gasteiger partial charge in [0.1, 0.15) is 0 Å². The van der Waals surface area contributed by atoms with Gasteiger partial charge in [-0.2, -0.15) is 11.8 Å². The van der Waals surface area contributed by atoms with Crippen LogP contribution in [-0.2, 0) is 5.75 Å². The zero-order valence-corrected chi connectivity index (χ0v) is 12.3. The molecule has 15 heavy (non-hydrogen) atoms. The number of benzene rings is 1. The Morgan fingerprint density at radius 2 is 2.13 bits per heavy atom. The van der Waals surface area contributed by atoms with Gasteiger partial charge in [0.25, 0.3) is 0 Å². The Hall–Kier alpha value is 0.340. The molecule has 0 fully saturated rings. The highest BCUT2D eigenvalue weighted by atomic mass is 79.9. The Labute approximate surface area is 110 Å². The van der Waals surface area contributed by atoms with Gasteiger partial charge in [0.2, 0.25) is 0 Å². The second-order valence-electron chi connectivity index (χ2n) is 3.97. The molecule has 0 unspecified atom stereocenters. The molecule has 0 radical (unpaired) electrons. The van der Waals surface area contributed by atoms with Crippen LogP contribution in [0.5, 0.6) is 0 Å². The van der Waals surface area contributed by atoms with Crippen LogP contribution in [0, 0.1) is 5.92 Å². The zero-order valence-electron chi connectivity index (χ0n) is 9.09. The van der Waals surface area contributed by atoms with E-state index in [0.29, 0.717) is 0 Å². The fourth-order valence-electron chi connectivity index (χ4n) is 1.14. The van der Waals surface area contributed by atoms with Gasteiger partial charge in [0.05, 0.1) is 0 Å². The third kappa shape index (κ3) is 5.28. The summed E-state index contributed by atoms with van der Waals surface area (Å²) >= 11 is 11.5. The second kappa shape index (κ2) is 6.82. The molecule has 1 rings (SSSR count). The van der Waals surface area contributed by atoms with Gasteiger partial charge in [0.15, 0.2) is 0 Å². The lowest BCUT2D eigenvalue weighted by Crippen LogP contribution is -1.90.